The van der Waals surface area contributed by atoms with E-state index in [9.17, 15) is 0 Å². The van der Waals surface area contributed by atoms with Crippen LogP contribution in [0.4, 0.5) is 0 Å². The van der Waals surface area contributed by atoms with Crippen molar-refractivity contribution in [2.75, 3.05) is 41.7 Å². The Balaban J connectivity index is 1.71. The summed E-state index contributed by atoms with van der Waals surface area (Å²) in [7, 11) is 7.07. The van der Waals surface area contributed by atoms with Crippen molar-refractivity contribution in [1.82, 2.24) is 4.90 Å². The van der Waals surface area contributed by atoms with E-state index in [0.717, 1.165) is 36.4 Å². The van der Waals surface area contributed by atoms with E-state index in [1.807, 2.05) is 12.1 Å². The molecule has 0 saturated heterocycles. The smallest absolute Gasteiger partial charge is 0.231 e. The van der Waals surface area contributed by atoms with Crippen LogP contribution in [0.1, 0.15) is 22.7 Å². The molecule has 0 aliphatic carbocycles. The van der Waals surface area contributed by atoms with Gasteiger partial charge in [0.15, 0.2) is 23.0 Å². The average Bonchev–Trinajstić information content (AvgIpc) is 3.15. The third-order valence-corrected chi connectivity index (χ3v) is 5.41. The first-order valence-corrected chi connectivity index (χ1v) is 9.06. The summed E-state index contributed by atoms with van der Waals surface area (Å²) in [5, 5.41) is 0. The van der Waals surface area contributed by atoms with E-state index in [2.05, 4.69) is 24.1 Å². The molecule has 2 aromatic rings. The number of rotatable bonds is 5. The van der Waals surface area contributed by atoms with Crippen molar-refractivity contribution in [3.63, 3.8) is 0 Å². The molecule has 0 saturated carbocycles. The van der Waals surface area contributed by atoms with Gasteiger partial charge in [-0.15, -0.1) is 0 Å². The van der Waals surface area contributed by atoms with Gasteiger partial charge in [-0.2, -0.15) is 0 Å². The minimum Gasteiger partial charge on any atom is -0.493 e. The van der Waals surface area contributed by atoms with Crippen molar-refractivity contribution in [2.24, 2.45) is 0 Å². The van der Waals surface area contributed by atoms with Gasteiger partial charge in [0.1, 0.15) is 0 Å². The van der Waals surface area contributed by atoms with Gasteiger partial charge in [0.05, 0.1) is 21.3 Å². The van der Waals surface area contributed by atoms with Crippen LogP contribution in [-0.4, -0.2) is 46.6 Å². The van der Waals surface area contributed by atoms with Crippen molar-refractivity contribution in [1.29, 1.82) is 0 Å². The molecule has 0 amide bonds. The van der Waals surface area contributed by atoms with E-state index in [1.165, 1.54) is 11.1 Å². The zero-order valence-electron chi connectivity index (χ0n) is 16.2. The van der Waals surface area contributed by atoms with Gasteiger partial charge in [-0.05, 0) is 60.8 Å². The van der Waals surface area contributed by atoms with Crippen molar-refractivity contribution >= 4 is 0 Å². The van der Waals surface area contributed by atoms with E-state index in [1.54, 1.807) is 21.3 Å². The third-order valence-electron chi connectivity index (χ3n) is 5.41. The van der Waals surface area contributed by atoms with E-state index in [-0.39, 0.29) is 6.04 Å². The lowest BCUT2D eigenvalue weighted by atomic mass is 9.88. The Morgan fingerprint density at radius 2 is 1.63 bits per heavy atom. The number of hydrogen-bond donors (Lipinski definition) is 0. The van der Waals surface area contributed by atoms with Gasteiger partial charge in [0.2, 0.25) is 12.5 Å². The molecule has 2 aliphatic rings. The lowest BCUT2D eigenvalue weighted by Crippen LogP contribution is -2.33. The van der Waals surface area contributed by atoms with Crippen molar-refractivity contribution in [3.8, 4) is 28.7 Å². The van der Waals surface area contributed by atoms with Gasteiger partial charge in [0.25, 0.3) is 0 Å². The predicted molar refractivity (Wildman–Crippen MR) is 101 cm³/mol. The number of likely N-dealkylation sites (N-methyl/N-ethyl adjacent to an activating group) is 1. The maximum atomic E-state index is 5.60. The molecule has 0 aromatic heterocycles. The van der Waals surface area contributed by atoms with Crippen molar-refractivity contribution in [3.05, 3.63) is 41.0 Å². The third kappa shape index (κ3) is 3.14. The topological polar surface area (TPSA) is 49.4 Å². The highest BCUT2D eigenvalue weighted by molar-refractivity contribution is 5.55. The minimum absolute atomic E-state index is 0.242. The van der Waals surface area contributed by atoms with Gasteiger partial charge >= 0.3 is 0 Å². The molecule has 6 nitrogen and oxygen atoms in total. The quantitative estimate of drug-likeness (QED) is 0.804. The Hall–Kier alpha value is -2.60. The van der Waals surface area contributed by atoms with Gasteiger partial charge in [-0.25, -0.2) is 0 Å². The number of hydrogen-bond acceptors (Lipinski definition) is 6. The van der Waals surface area contributed by atoms with Crippen LogP contribution in [0.5, 0.6) is 28.7 Å². The largest absolute Gasteiger partial charge is 0.493 e. The first kappa shape index (κ1) is 17.8. The molecule has 6 heteroatoms. The zero-order valence-corrected chi connectivity index (χ0v) is 16.2. The summed E-state index contributed by atoms with van der Waals surface area (Å²) in [6, 6.07) is 8.56. The summed E-state index contributed by atoms with van der Waals surface area (Å²) in [5.41, 5.74) is 3.75. The highest BCUT2D eigenvalue weighted by atomic mass is 16.7. The lowest BCUT2D eigenvalue weighted by molar-refractivity contribution is 0.174. The van der Waals surface area contributed by atoms with Gasteiger partial charge in [-0.3, -0.25) is 4.90 Å². The Morgan fingerprint density at radius 1 is 0.963 bits per heavy atom. The van der Waals surface area contributed by atoms with Crippen LogP contribution in [0.2, 0.25) is 0 Å². The molecule has 27 heavy (non-hydrogen) atoms. The molecule has 2 heterocycles. The Bertz CT molecular complexity index is 826. The molecule has 1 atom stereocenters. The molecule has 2 aliphatic heterocycles. The number of ether oxygens (including phenoxy) is 5. The van der Waals surface area contributed by atoms with E-state index < -0.39 is 0 Å². The van der Waals surface area contributed by atoms with Gasteiger partial charge in [0, 0.05) is 12.6 Å². The highest BCUT2D eigenvalue weighted by Crippen LogP contribution is 2.43. The number of benzene rings is 2. The fourth-order valence-corrected chi connectivity index (χ4v) is 3.96. The second kappa shape index (κ2) is 7.19. The summed E-state index contributed by atoms with van der Waals surface area (Å²) >= 11 is 0. The van der Waals surface area contributed by atoms with Crippen LogP contribution in [0.25, 0.3) is 0 Å². The van der Waals surface area contributed by atoms with E-state index in [0.29, 0.717) is 24.0 Å². The Kier molecular flexibility index (Phi) is 4.74. The van der Waals surface area contributed by atoms with Crippen LogP contribution < -0.4 is 23.7 Å². The molecule has 0 spiro atoms. The molecule has 144 valence electrons. The van der Waals surface area contributed by atoms with Gasteiger partial charge < -0.3 is 23.7 Å². The fraction of sp³-hybridized carbons (Fsp3) is 0.429. The van der Waals surface area contributed by atoms with Gasteiger partial charge in [-0.1, -0.05) is 0 Å². The van der Waals surface area contributed by atoms with Crippen LogP contribution in [0.15, 0.2) is 24.3 Å². The molecule has 0 fully saturated rings. The summed E-state index contributed by atoms with van der Waals surface area (Å²) < 4.78 is 27.6. The lowest BCUT2D eigenvalue weighted by Gasteiger charge is -2.35. The first-order chi connectivity index (χ1) is 13.1. The maximum Gasteiger partial charge on any atom is 0.231 e. The minimum atomic E-state index is 0.242. The fourth-order valence-electron chi connectivity index (χ4n) is 3.96. The molecule has 4 rings (SSSR count). The number of nitrogens with zero attached hydrogens (tertiary/aromatic N) is 1. The number of fused-ring (bicyclic) bond motifs is 2. The van der Waals surface area contributed by atoms with Crippen LogP contribution >= 0.6 is 0 Å². The zero-order chi connectivity index (χ0) is 19.0. The summed E-state index contributed by atoms with van der Waals surface area (Å²) in [5.74, 6) is 3.65. The molecule has 0 N–H and O–H groups in total. The molecule has 0 bridgehead atoms. The molecule has 0 radical (unpaired) electrons. The van der Waals surface area contributed by atoms with E-state index >= 15 is 0 Å². The highest BCUT2D eigenvalue weighted by Gasteiger charge is 2.29. The maximum absolute atomic E-state index is 5.60. The SMILES string of the molecule is COc1cc(C[C@@H]2c3cc4c(cc3CCN2C)OCO4)cc(OC)c1OC. The summed E-state index contributed by atoms with van der Waals surface area (Å²) in [6.07, 6.45) is 1.84. The van der Waals surface area contributed by atoms with Crippen LogP contribution in [0, 0.1) is 0 Å². The summed E-state index contributed by atoms with van der Waals surface area (Å²) in [6.45, 7) is 1.30. The predicted octanol–water partition coefficient (Wildman–Crippen LogP) is 3.21. The monoisotopic (exact) mass is 371 g/mol. The van der Waals surface area contributed by atoms with Crippen LogP contribution in [0.3, 0.4) is 0 Å². The molecular weight excluding hydrogens is 346 g/mol. The second-order valence-electron chi connectivity index (χ2n) is 6.89. The second-order valence-corrected chi connectivity index (χ2v) is 6.89. The first-order valence-electron chi connectivity index (χ1n) is 9.06. The Labute approximate surface area is 159 Å². The van der Waals surface area contributed by atoms with Crippen LogP contribution in [-0.2, 0) is 12.8 Å². The average molecular weight is 371 g/mol. The normalized spacial score (nSPS) is 18.1. The van der Waals surface area contributed by atoms with E-state index in [4.69, 9.17) is 23.7 Å². The number of methoxy groups -OCH3 is 3. The molecule has 0 unspecified atom stereocenters. The van der Waals surface area contributed by atoms with Crippen molar-refractivity contribution in [2.45, 2.75) is 18.9 Å². The standard InChI is InChI=1S/C21H25NO5/c1-22-6-5-14-10-17-18(27-12-26-17)11-15(14)16(22)7-13-8-19(23-2)21(25-4)20(9-13)24-3/h8-11,16H,5-7,12H2,1-4H3/t16-/m1/s1. The van der Waals surface area contributed by atoms with Crippen molar-refractivity contribution < 1.29 is 23.7 Å². The Morgan fingerprint density at radius 3 is 2.26 bits per heavy atom. The molecule has 2 aromatic carbocycles. The molecular formula is C21H25NO5. The summed E-state index contributed by atoms with van der Waals surface area (Å²) in [4.78, 5) is 2.38.